The van der Waals surface area contributed by atoms with E-state index in [1.165, 1.54) is 24.2 Å². The van der Waals surface area contributed by atoms with Crippen LogP contribution in [0.25, 0.3) is 5.69 Å². The van der Waals surface area contributed by atoms with Gasteiger partial charge in [0.05, 0.1) is 23.3 Å². The number of nitrogen functional groups attached to an aromatic ring is 1. The van der Waals surface area contributed by atoms with E-state index in [4.69, 9.17) is 11.0 Å². The molecule has 0 atom stereocenters. The summed E-state index contributed by atoms with van der Waals surface area (Å²) in [4.78, 5) is 4.46. The minimum atomic E-state index is 0.521. The van der Waals surface area contributed by atoms with Gasteiger partial charge in [0.25, 0.3) is 0 Å². The molecule has 0 amide bonds. The van der Waals surface area contributed by atoms with E-state index in [2.05, 4.69) is 15.6 Å². The summed E-state index contributed by atoms with van der Waals surface area (Å²) < 4.78 is 2.09. The predicted octanol–water partition coefficient (Wildman–Crippen LogP) is 2.20. The number of nitrogens with two attached hydrogens (primary N) is 1. The molecule has 0 unspecified atom stereocenters. The average Bonchev–Trinajstić information content (AvgIpc) is 2.82. The molecular formula is C14H14N4. The average molecular weight is 238 g/mol. The Morgan fingerprint density at radius 2 is 2.11 bits per heavy atom. The number of nitriles is 1. The fraction of sp³-hybridized carbons (Fsp3) is 0.286. The van der Waals surface area contributed by atoms with Gasteiger partial charge in [-0.1, -0.05) is 0 Å². The Morgan fingerprint density at radius 3 is 2.89 bits per heavy atom. The summed E-state index contributed by atoms with van der Waals surface area (Å²) in [7, 11) is 0. The van der Waals surface area contributed by atoms with Crippen molar-refractivity contribution in [2.75, 3.05) is 5.73 Å². The molecule has 18 heavy (non-hydrogen) atoms. The molecule has 90 valence electrons. The molecular weight excluding hydrogens is 224 g/mol. The Bertz CT molecular complexity index is 634. The molecule has 1 heterocycles. The third kappa shape index (κ3) is 1.65. The number of benzene rings is 1. The summed E-state index contributed by atoms with van der Waals surface area (Å²) in [5, 5.41) is 8.88. The van der Waals surface area contributed by atoms with Crippen LogP contribution in [0, 0.1) is 11.3 Å². The van der Waals surface area contributed by atoms with Crippen LogP contribution in [0.3, 0.4) is 0 Å². The van der Waals surface area contributed by atoms with Crippen LogP contribution in [0.15, 0.2) is 24.5 Å². The van der Waals surface area contributed by atoms with E-state index in [0.717, 1.165) is 18.5 Å². The molecule has 0 spiro atoms. The second-order valence-corrected chi connectivity index (χ2v) is 4.60. The van der Waals surface area contributed by atoms with Crippen LogP contribution in [0.1, 0.15) is 29.8 Å². The molecule has 1 aliphatic carbocycles. The second kappa shape index (κ2) is 4.19. The van der Waals surface area contributed by atoms with Crippen LogP contribution < -0.4 is 5.73 Å². The van der Waals surface area contributed by atoms with Gasteiger partial charge in [0.2, 0.25) is 0 Å². The Kier molecular flexibility index (Phi) is 2.52. The number of aromatic nitrogens is 2. The highest BCUT2D eigenvalue weighted by Gasteiger charge is 2.16. The van der Waals surface area contributed by atoms with E-state index in [1.807, 2.05) is 18.5 Å². The molecule has 4 heteroatoms. The highest BCUT2D eigenvalue weighted by Crippen LogP contribution is 2.24. The highest BCUT2D eigenvalue weighted by atomic mass is 15.1. The fourth-order valence-electron chi connectivity index (χ4n) is 2.49. The highest BCUT2D eigenvalue weighted by molar-refractivity contribution is 5.59. The van der Waals surface area contributed by atoms with E-state index in [1.54, 1.807) is 6.07 Å². The molecule has 1 aliphatic rings. The normalized spacial score (nSPS) is 13.9. The molecule has 0 bridgehead atoms. The lowest BCUT2D eigenvalue weighted by Crippen LogP contribution is -2.07. The van der Waals surface area contributed by atoms with Crippen LogP contribution in [0.2, 0.25) is 0 Å². The van der Waals surface area contributed by atoms with Gasteiger partial charge in [0.1, 0.15) is 6.07 Å². The van der Waals surface area contributed by atoms with Crippen molar-refractivity contribution in [1.82, 2.24) is 9.55 Å². The van der Waals surface area contributed by atoms with Gasteiger partial charge in [-0.05, 0) is 43.9 Å². The van der Waals surface area contributed by atoms with Crippen LogP contribution in [-0.4, -0.2) is 9.55 Å². The maximum Gasteiger partial charge on any atom is 0.101 e. The number of fused-ring (bicyclic) bond motifs is 1. The predicted molar refractivity (Wildman–Crippen MR) is 69.3 cm³/mol. The number of imidazole rings is 1. The fourth-order valence-corrected chi connectivity index (χ4v) is 2.49. The summed E-state index contributed by atoms with van der Waals surface area (Å²) in [6.07, 6.45) is 6.42. The zero-order valence-corrected chi connectivity index (χ0v) is 10.1. The molecule has 3 rings (SSSR count). The van der Waals surface area contributed by atoms with Gasteiger partial charge < -0.3 is 10.3 Å². The van der Waals surface area contributed by atoms with Gasteiger partial charge in [-0.3, -0.25) is 0 Å². The first kappa shape index (κ1) is 10.8. The Hall–Kier alpha value is -2.28. The van der Waals surface area contributed by atoms with Crippen molar-refractivity contribution in [2.45, 2.75) is 25.7 Å². The van der Waals surface area contributed by atoms with Gasteiger partial charge in [0.15, 0.2) is 0 Å². The number of anilines is 1. The molecule has 0 aliphatic heterocycles. The van der Waals surface area contributed by atoms with Crippen molar-refractivity contribution in [3.05, 3.63) is 41.5 Å². The minimum Gasteiger partial charge on any atom is -0.398 e. The van der Waals surface area contributed by atoms with Gasteiger partial charge in [-0.2, -0.15) is 5.26 Å². The molecule has 1 aromatic heterocycles. The monoisotopic (exact) mass is 238 g/mol. The molecule has 2 aromatic rings. The number of aryl methyl sites for hydroxylation is 1. The van der Waals surface area contributed by atoms with E-state index in [-0.39, 0.29) is 0 Å². The first-order valence-electron chi connectivity index (χ1n) is 6.14. The number of hydrogen-bond donors (Lipinski definition) is 1. The van der Waals surface area contributed by atoms with E-state index < -0.39 is 0 Å². The van der Waals surface area contributed by atoms with Gasteiger partial charge >= 0.3 is 0 Å². The largest absolute Gasteiger partial charge is 0.398 e. The van der Waals surface area contributed by atoms with Crippen LogP contribution in [-0.2, 0) is 12.8 Å². The molecule has 4 nitrogen and oxygen atoms in total. The SMILES string of the molecule is N#Cc1ccc(-n2cnc3c2CCCC3)cc1N. The summed E-state index contributed by atoms with van der Waals surface area (Å²) in [5.41, 5.74) is 10.4. The van der Waals surface area contributed by atoms with Crippen molar-refractivity contribution in [3.63, 3.8) is 0 Å². The Labute approximate surface area is 106 Å². The quantitative estimate of drug-likeness (QED) is 0.774. The molecule has 0 radical (unpaired) electrons. The van der Waals surface area contributed by atoms with Crippen molar-refractivity contribution < 1.29 is 0 Å². The molecule has 2 N–H and O–H groups in total. The number of nitrogens with zero attached hydrogens (tertiary/aromatic N) is 3. The van der Waals surface area contributed by atoms with Crippen LogP contribution in [0.5, 0.6) is 0 Å². The summed E-state index contributed by atoms with van der Waals surface area (Å²) >= 11 is 0. The van der Waals surface area contributed by atoms with Gasteiger partial charge in [-0.15, -0.1) is 0 Å². The van der Waals surface area contributed by atoms with Crippen molar-refractivity contribution >= 4 is 5.69 Å². The Morgan fingerprint density at radius 1 is 1.28 bits per heavy atom. The van der Waals surface area contributed by atoms with Gasteiger partial charge in [0, 0.05) is 11.4 Å². The summed E-state index contributed by atoms with van der Waals surface area (Å²) in [6.45, 7) is 0. The zero-order chi connectivity index (χ0) is 12.5. The third-order valence-corrected chi connectivity index (χ3v) is 3.46. The second-order valence-electron chi connectivity index (χ2n) is 4.60. The maximum absolute atomic E-state index is 8.88. The molecule has 1 aromatic carbocycles. The smallest absolute Gasteiger partial charge is 0.101 e. The first-order chi connectivity index (χ1) is 8.79. The zero-order valence-electron chi connectivity index (χ0n) is 10.1. The third-order valence-electron chi connectivity index (χ3n) is 3.46. The lowest BCUT2D eigenvalue weighted by molar-refractivity contribution is 0.656. The van der Waals surface area contributed by atoms with Gasteiger partial charge in [-0.25, -0.2) is 4.98 Å². The minimum absolute atomic E-state index is 0.521. The van der Waals surface area contributed by atoms with Crippen molar-refractivity contribution in [2.24, 2.45) is 0 Å². The lowest BCUT2D eigenvalue weighted by atomic mass is 10.0. The van der Waals surface area contributed by atoms with Crippen molar-refractivity contribution in [1.29, 1.82) is 5.26 Å². The van der Waals surface area contributed by atoms with Crippen LogP contribution >= 0.6 is 0 Å². The topological polar surface area (TPSA) is 67.6 Å². The standard InChI is InChI=1S/C14H14N4/c15-8-10-5-6-11(7-12(10)16)18-9-17-13-3-1-2-4-14(13)18/h5-7,9H,1-4,16H2. The number of rotatable bonds is 1. The maximum atomic E-state index is 8.88. The van der Waals surface area contributed by atoms with E-state index in [0.29, 0.717) is 11.3 Å². The first-order valence-corrected chi connectivity index (χ1v) is 6.14. The lowest BCUT2D eigenvalue weighted by Gasteiger charge is -2.14. The van der Waals surface area contributed by atoms with E-state index in [9.17, 15) is 0 Å². The van der Waals surface area contributed by atoms with Crippen LogP contribution in [0.4, 0.5) is 5.69 Å². The molecule has 0 fully saturated rings. The number of hydrogen-bond acceptors (Lipinski definition) is 3. The van der Waals surface area contributed by atoms with Crippen molar-refractivity contribution in [3.8, 4) is 11.8 Å². The molecule has 0 saturated heterocycles. The summed E-state index contributed by atoms with van der Waals surface area (Å²) in [5.74, 6) is 0. The molecule has 0 saturated carbocycles. The summed E-state index contributed by atoms with van der Waals surface area (Å²) in [6, 6.07) is 7.61. The Balaban J connectivity index is 2.08. The van der Waals surface area contributed by atoms with E-state index >= 15 is 0 Å².